The highest BCUT2D eigenvalue weighted by Crippen LogP contribution is 2.14. The third-order valence-electron chi connectivity index (χ3n) is 2.62. The monoisotopic (exact) mass is 230 g/mol. The van der Waals surface area contributed by atoms with Gasteiger partial charge in [0.2, 0.25) is 0 Å². The van der Waals surface area contributed by atoms with Crippen LogP contribution >= 0.6 is 0 Å². The van der Waals surface area contributed by atoms with Gasteiger partial charge in [-0.1, -0.05) is 0 Å². The summed E-state index contributed by atoms with van der Waals surface area (Å²) in [6.07, 6.45) is 5.99. The van der Waals surface area contributed by atoms with E-state index in [1.807, 2.05) is 30.6 Å². The zero-order chi connectivity index (χ0) is 12.1. The van der Waals surface area contributed by atoms with Gasteiger partial charge in [-0.2, -0.15) is 0 Å². The molecule has 0 aliphatic carbocycles. The molecule has 2 aromatic rings. The van der Waals surface area contributed by atoms with Crippen LogP contribution in [0.4, 0.5) is 0 Å². The molecule has 17 heavy (non-hydrogen) atoms. The average molecular weight is 230 g/mol. The summed E-state index contributed by atoms with van der Waals surface area (Å²) >= 11 is 0. The molecule has 3 nitrogen and oxygen atoms in total. The lowest BCUT2D eigenvalue weighted by molar-refractivity contribution is 0.0772. The number of fused-ring (bicyclic) bond motifs is 1. The van der Waals surface area contributed by atoms with Crippen LogP contribution in [0.2, 0.25) is 0 Å². The maximum atomic E-state index is 5.54. The first-order valence-corrected chi connectivity index (χ1v) is 6.07. The van der Waals surface area contributed by atoms with E-state index in [9.17, 15) is 0 Å². The number of hydrogen-bond donors (Lipinski definition) is 0. The second-order valence-corrected chi connectivity index (χ2v) is 4.36. The quantitative estimate of drug-likeness (QED) is 0.741. The summed E-state index contributed by atoms with van der Waals surface area (Å²) in [5.41, 5.74) is 3.23. The lowest BCUT2D eigenvalue weighted by atomic mass is 10.1. The van der Waals surface area contributed by atoms with Crippen LogP contribution in [0.25, 0.3) is 11.0 Å². The smallest absolute Gasteiger partial charge is 0.0918 e. The SMILES string of the molecule is CC(C)OCCCc1ccnc2cccnc12. The Kier molecular flexibility index (Phi) is 4.04. The molecule has 3 heteroatoms. The van der Waals surface area contributed by atoms with E-state index in [1.165, 1.54) is 5.56 Å². The maximum absolute atomic E-state index is 5.54. The van der Waals surface area contributed by atoms with Gasteiger partial charge in [0.1, 0.15) is 0 Å². The molecule has 2 aromatic heterocycles. The van der Waals surface area contributed by atoms with E-state index >= 15 is 0 Å². The molecule has 0 fully saturated rings. The van der Waals surface area contributed by atoms with Crippen LogP contribution in [0.3, 0.4) is 0 Å². The van der Waals surface area contributed by atoms with E-state index in [1.54, 1.807) is 0 Å². The van der Waals surface area contributed by atoms with Crippen molar-refractivity contribution in [3.63, 3.8) is 0 Å². The van der Waals surface area contributed by atoms with Crippen molar-refractivity contribution in [2.24, 2.45) is 0 Å². The molecule has 2 rings (SSSR count). The Morgan fingerprint density at radius 1 is 1.18 bits per heavy atom. The van der Waals surface area contributed by atoms with Crippen molar-refractivity contribution in [2.45, 2.75) is 32.8 Å². The van der Waals surface area contributed by atoms with Gasteiger partial charge >= 0.3 is 0 Å². The topological polar surface area (TPSA) is 35.0 Å². The number of nitrogens with zero attached hydrogens (tertiary/aromatic N) is 2. The number of aromatic nitrogens is 2. The van der Waals surface area contributed by atoms with E-state index in [0.29, 0.717) is 6.10 Å². The first-order chi connectivity index (χ1) is 8.27. The Labute approximate surface area is 102 Å². The lowest BCUT2D eigenvalue weighted by Crippen LogP contribution is -2.05. The number of rotatable bonds is 5. The molecule has 90 valence electrons. The summed E-state index contributed by atoms with van der Waals surface area (Å²) in [5.74, 6) is 0. The Hall–Kier alpha value is -1.48. The van der Waals surface area contributed by atoms with Gasteiger partial charge in [0.25, 0.3) is 0 Å². The fraction of sp³-hybridized carbons (Fsp3) is 0.429. The summed E-state index contributed by atoms with van der Waals surface area (Å²) in [7, 11) is 0. The largest absolute Gasteiger partial charge is 0.379 e. The molecular weight excluding hydrogens is 212 g/mol. The highest BCUT2D eigenvalue weighted by Gasteiger charge is 2.02. The summed E-state index contributed by atoms with van der Waals surface area (Å²) in [6.45, 7) is 4.92. The predicted molar refractivity (Wildman–Crippen MR) is 68.9 cm³/mol. The van der Waals surface area contributed by atoms with Crippen molar-refractivity contribution in [1.82, 2.24) is 9.97 Å². The van der Waals surface area contributed by atoms with E-state index in [-0.39, 0.29) is 0 Å². The standard InChI is InChI=1S/C14H18N2O/c1-11(2)17-10-4-5-12-7-9-15-13-6-3-8-16-14(12)13/h3,6-9,11H,4-5,10H2,1-2H3. The molecule has 0 N–H and O–H groups in total. The molecule has 0 atom stereocenters. The number of aryl methyl sites for hydroxylation is 1. The van der Waals surface area contributed by atoms with Gasteiger partial charge in [-0.25, -0.2) is 0 Å². The van der Waals surface area contributed by atoms with Crippen molar-refractivity contribution >= 4 is 11.0 Å². The fourth-order valence-electron chi connectivity index (χ4n) is 1.82. The number of pyridine rings is 2. The Morgan fingerprint density at radius 2 is 2.06 bits per heavy atom. The van der Waals surface area contributed by atoms with Crippen LogP contribution in [0.15, 0.2) is 30.6 Å². The van der Waals surface area contributed by atoms with Gasteiger partial charge in [-0.3, -0.25) is 9.97 Å². The highest BCUT2D eigenvalue weighted by molar-refractivity contribution is 5.77. The van der Waals surface area contributed by atoms with Crippen molar-refractivity contribution in [3.8, 4) is 0 Å². The third kappa shape index (κ3) is 3.24. The van der Waals surface area contributed by atoms with Crippen LogP contribution in [0.1, 0.15) is 25.8 Å². The summed E-state index contributed by atoms with van der Waals surface area (Å²) < 4.78 is 5.54. The lowest BCUT2D eigenvalue weighted by Gasteiger charge is -2.08. The third-order valence-corrected chi connectivity index (χ3v) is 2.62. The predicted octanol–water partition coefficient (Wildman–Crippen LogP) is 2.99. The van der Waals surface area contributed by atoms with Gasteiger partial charge in [0.15, 0.2) is 0 Å². The Balaban J connectivity index is 2.03. The number of ether oxygens (including phenoxy) is 1. The van der Waals surface area contributed by atoms with E-state index < -0.39 is 0 Å². The van der Waals surface area contributed by atoms with Crippen LogP contribution < -0.4 is 0 Å². The molecular formula is C14H18N2O. The van der Waals surface area contributed by atoms with Crippen LogP contribution in [0.5, 0.6) is 0 Å². The van der Waals surface area contributed by atoms with Crippen LogP contribution in [0, 0.1) is 0 Å². The molecule has 0 spiro atoms. The van der Waals surface area contributed by atoms with Gasteiger partial charge < -0.3 is 4.74 Å². The molecule has 0 aromatic carbocycles. The van der Waals surface area contributed by atoms with Crippen LogP contribution in [-0.4, -0.2) is 22.7 Å². The molecule has 2 heterocycles. The minimum Gasteiger partial charge on any atom is -0.379 e. The molecule has 0 amide bonds. The van der Waals surface area contributed by atoms with E-state index in [0.717, 1.165) is 30.5 Å². The zero-order valence-corrected chi connectivity index (χ0v) is 10.4. The van der Waals surface area contributed by atoms with Crippen molar-refractivity contribution < 1.29 is 4.74 Å². The molecule has 0 saturated carbocycles. The average Bonchev–Trinajstić information content (AvgIpc) is 2.34. The van der Waals surface area contributed by atoms with E-state index in [2.05, 4.69) is 23.8 Å². The van der Waals surface area contributed by atoms with Gasteiger partial charge in [0, 0.05) is 19.0 Å². The second kappa shape index (κ2) is 5.73. The second-order valence-electron chi connectivity index (χ2n) is 4.36. The Morgan fingerprint density at radius 3 is 2.88 bits per heavy atom. The van der Waals surface area contributed by atoms with Crippen molar-refractivity contribution in [2.75, 3.05) is 6.61 Å². The normalized spacial score (nSPS) is 11.2. The van der Waals surface area contributed by atoms with Crippen molar-refractivity contribution in [3.05, 3.63) is 36.2 Å². The maximum Gasteiger partial charge on any atom is 0.0918 e. The summed E-state index contributed by atoms with van der Waals surface area (Å²) in [4.78, 5) is 8.70. The summed E-state index contributed by atoms with van der Waals surface area (Å²) in [6, 6.07) is 5.96. The molecule has 0 radical (unpaired) electrons. The minimum absolute atomic E-state index is 0.308. The molecule has 0 saturated heterocycles. The fourth-order valence-corrected chi connectivity index (χ4v) is 1.82. The molecule has 0 unspecified atom stereocenters. The number of hydrogen-bond acceptors (Lipinski definition) is 3. The first kappa shape index (κ1) is 12.0. The molecule has 0 aliphatic heterocycles. The molecule has 0 aliphatic rings. The van der Waals surface area contributed by atoms with Crippen LogP contribution in [-0.2, 0) is 11.2 Å². The van der Waals surface area contributed by atoms with Gasteiger partial charge in [-0.05, 0) is 50.5 Å². The zero-order valence-electron chi connectivity index (χ0n) is 10.4. The van der Waals surface area contributed by atoms with Gasteiger partial charge in [-0.15, -0.1) is 0 Å². The van der Waals surface area contributed by atoms with Gasteiger partial charge in [0.05, 0.1) is 17.1 Å². The molecule has 0 bridgehead atoms. The van der Waals surface area contributed by atoms with E-state index in [4.69, 9.17) is 4.74 Å². The minimum atomic E-state index is 0.308. The highest BCUT2D eigenvalue weighted by atomic mass is 16.5. The Bertz CT molecular complexity index is 477. The van der Waals surface area contributed by atoms with Crippen molar-refractivity contribution in [1.29, 1.82) is 0 Å². The summed E-state index contributed by atoms with van der Waals surface area (Å²) in [5, 5.41) is 0. The first-order valence-electron chi connectivity index (χ1n) is 6.07.